The van der Waals surface area contributed by atoms with Gasteiger partial charge in [-0.25, -0.2) is 14.8 Å². The number of benzene rings is 5. The van der Waals surface area contributed by atoms with Gasteiger partial charge in [0.1, 0.15) is 0 Å². The Morgan fingerprint density at radius 3 is 1.71 bits per heavy atom. The highest BCUT2D eigenvalue weighted by Crippen LogP contribution is 2.32. The van der Waals surface area contributed by atoms with E-state index in [1.54, 1.807) is 9.13 Å². The average Bonchev–Trinajstić information content (AvgIpc) is 3.29. The monoisotopic (exact) mass is 544 g/mol. The molecule has 0 fully saturated rings. The number of fused-ring (bicyclic) bond motifs is 1. The highest BCUT2D eigenvalue weighted by molar-refractivity contribution is 5.93. The molecule has 0 unspecified atom stereocenters. The minimum Gasteiger partial charge on any atom is -0.295 e. The van der Waals surface area contributed by atoms with E-state index in [1.807, 2.05) is 62.6 Å². The number of aromatic nitrogens is 4. The van der Waals surface area contributed by atoms with E-state index in [1.165, 1.54) is 0 Å². The van der Waals surface area contributed by atoms with Gasteiger partial charge >= 0.3 is 5.69 Å². The molecule has 0 bridgehead atoms. The normalized spacial score (nSPS) is 11.2. The van der Waals surface area contributed by atoms with Crippen molar-refractivity contribution in [3.05, 3.63) is 144 Å². The molecular weight excluding hydrogens is 516 g/mol. The van der Waals surface area contributed by atoms with Crippen LogP contribution in [0.4, 0.5) is 0 Å². The fourth-order valence-corrected chi connectivity index (χ4v) is 5.58. The number of para-hydroxylation sites is 1. The first-order valence-corrected chi connectivity index (χ1v) is 13.9. The Balaban J connectivity index is 1.34. The standard InChI is InChI=1S/C37H28N4O/c1-40-34-18-10-17-31(35(34)41(2)37(40)42)26-19-21-28(22-20-26)33-24-32(27-13-7-4-8-14-27)38-36(39-33)30-16-9-15-29(23-30)25-11-5-3-6-12-25/h3-24H,1-2H3. The smallest absolute Gasteiger partial charge is 0.295 e. The van der Waals surface area contributed by atoms with E-state index in [4.69, 9.17) is 9.97 Å². The van der Waals surface area contributed by atoms with E-state index in [9.17, 15) is 4.79 Å². The first kappa shape index (κ1) is 25.4. The van der Waals surface area contributed by atoms with E-state index in [-0.39, 0.29) is 5.69 Å². The summed E-state index contributed by atoms with van der Waals surface area (Å²) < 4.78 is 3.40. The second-order valence-corrected chi connectivity index (χ2v) is 10.4. The maximum absolute atomic E-state index is 12.6. The molecule has 0 saturated carbocycles. The minimum atomic E-state index is -0.0349. The number of rotatable bonds is 5. The third-order valence-electron chi connectivity index (χ3n) is 7.80. The van der Waals surface area contributed by atoms with E-state index in [0.29, 0.717) is 5.82 Å². The van der Waals surface area contributed by atoms with Gasteiger partial charge in [0.25, 0.3) is 0 Å². The Morgan fingerprint density at radius 2 is 1.02 bits per heavy atom. The van der Waals surface area contributed by atoms with Gasteiger partial charge in [0.2, 0.25) is 0 Å². The molecule has 0 aliphatic heterocycles. The highest BCUT2D eigenvalue weighted by atomic mass is 16.1. The molecule has 0 atom stereocenters. The summed E-state index contributed by atoms with van der Waals surface area (Å²) in [4.78, 5) is 22.7. The van der Waals surface area contributed by atoms with Gasteiger partial charge in [0.15, 0.2) is 5.82 Å². The zero-order valence-electron chi connectivity index (χ0n) is 23.4. The summed E-state index contributed by atoms with van der Waals surface area (Å²) in [7, 11) is 3.63. The molecule has 7 aromatic rings. The summed E-state index contributed by atoms with van der Waals surface area (Å²) in [5.74, 6) is 0.678. The third-order valence-corrected chi connectivity index (χ3v) is 7.80. The molecule has 5 nitrogen and oxygen atoms in total. The van der Waals surface area contributed by atoms with Crippen LogP contribution in [0, 0.1) is 0 Å². The molecule has 2 heterocycles. The third kappa shape index (κ3) is 4.51. The van der Waals surface area contributed by atoms with Gasteiger partial charge in [-0.2, -0.15) is 0 Å². The van der Waals surface area contributed by atoms with Crippen LogP contribution in [0.2, 0.25) is 0 Å². The van der Waals surface area contributed by atoms with Crippen molar-refractivity contribution < 1.29 is 0 Å². The summed E-state index contributed by atoms with van der Waals surface area (Å²) in [6, 6.07) is 45.4. The van der Waals surface area contributed by atoms with Gasteiger partial charge in [-0.15, -0.1) is 0 Å². The minimum absolute atomic E-state index is 0.0349. The lowest BCUT2D eigenvalue weighted by Crippen LogP contribution is -2.19. The maximum atomic E-state index is 12.6. The average molecular weight is 545 g/mol. The van der Waals surface area contributed by atoms with Crippen LogP contribution in [0.5, 0.6) is 0 Å². The molecule has 0 amide bonds. The van der Waals surface area contributed by atoms with Crippen LogP contribution in [-0.4, -0.2) is 19.1 Å². The van der Waals surface area contributed by atoms with Crippen molar-refractivity contribution in [1.82, 2.24) is 19.1 Å². The lowest BCUT2D eigenvalue weighted by Gasteiger charge is -2.11. The van der Waals surface area contributed by atoms with Gasteiger partial charge in [-0.3, -0.25) is 9.13 Å². The summed E-state index contributed by atoms with van der Waals surface area (Å²) in [6.07, 6.45) is 0. The Hall–Kier alpha value is -5.55. The fraction of sp³-hybridized carbons (Fsp3) is 0.0541. The zero-order valence-corrected chi connectivity index (χ0v) is 23.4. The molecule has 42 heavy (non-hydrogen) atoms. The topological polar surface area (TPSA) is 52.7 Å². The lowest BCUT2D eigenvalue weighted by atomic mass is 10.00. The van der Waals surface area contributed by atoms with Gasteiger partial charge in [-0.05, 0) is 34.9 Å². The summed E-state index contributed by atoms with van der Waals surface area (Å²) in [5.41, 5.74) is 10.8. The van der Waals surface area contributed by atoms with Gasteiger partial charge < -0.3 is 0 Å². The molecule has 0 aliphatic rings. The summed E-state index contributed by atoms with van der Waals surface area (Å²) in [6.45, 7) is 0. The van der Waals surface area contributed by atoms with E-state index >= 15 is 0 Å². The van der Waals surface area contributed by atoms with Gasteiger partial charge in [0.05, 0.1) is 22.4 Å². The van der Waals surface area contributed by atoms with Crippen LogP contribution in [0.3, 0.4) is 0 Å². The predicted octanol–water partition coefficient (Wildman–Crippen LogP) is 8.00. The maximum Gasteiger partial charge on any atom is 0.328 e. The zero-order chi connectivity index (χ0) is 28.6. The highest BCUT2D eigenvalue weighted by Gasteiger charge is 2.15. The van der Waals surface area contributed by atoms with Crippen molar-refractivity contribution in [2.45, 2.75) is 0 Å². The first-order valence-electron chi connectivity index (χ1n) is 13.9. The lowest BCUT2D eigenvalue weighted by molar-refractivity contribution is 0.795. The van der Waals surface area contributed by atoms with E-state index in [2.05, 4.69) is 84.9 Å². The predicted molar refractivity (Wildman–Crippen MR) is 171 cm³/mol. The summed E-state index contributed by atoms with van der Waals surface area (Å²) >= 11 is 0. The van der Waals surface area contributed by atoms with Crippen LogP contribution >= 0.6 is 0 Å². The Morgan fingerprint density at radius 1 is 0.476 bits per heavy atom. The molecular formula is C37H28N4O. The Kier molecular flexibility index (Phi) is 6.32. The van der Waals surface area contributed by atoms with E-state index in [0.717, 1.165) is 61.4 Å². The van der Waals surface area contributed by atoms with Gasteiger partial charge in [-0.1, -0.05) is 115 Å². The number of hydrogen-bond acceptors (Lipinski definition) is 3. The van der Waals surface area contributed by atoms with Crippen molar-refractivity contribution in [2.75, 3.05) is 0 Å². The molecule has 7 rings (SSSR count). The van der Waals surface area contributed by atoms with Crippen LogP contribution in [0.1, 0.15) is 0 Å². The number of hydrogen-bond donors (Lipinski definition) is 0. The van der Waals surface area contributed by atoms with Crippen LogP contribution in [0.25, 0.3) is 67.2 Å². The van der Waals surface area contributed by atoms with Crippen molar-refractivity contribution >= 4 is 11.0 Å². The van der Waals surface area contributed by atoms with Crippen molar-refractivity contribution in [2.24, 2.45) is 14.1 Å². The number of nitrogens with zero attached hydrogens (tertiary/aromatic N) is 4. The van der Waals surface area contributed by atoms with E-state index < -0.39 is 0 Å². The molecule has 2 aromatic heterocycles. The molecule has 0 aliphatic carbocycles. The number of aryl methyl sites for hydroxylation is 2. The van der Waals surface area contributed by atoms with Crippen LogP contribution < -0.4 is 5.69 Å². The molecule has 5 heteroatoms. The summed E-state index contributed by atoms with van der Waals surface area (Å²) in [5, 5.41) is 0. The first-order chi connectivity index (χ1) is 20.6. The molecule has 0 saturated heterocycles. The number of imidazole rings is 1. The SMILES string of the molecule is Cn1c(=O)n(C)c2c(-c3ccc(-c4cc(-c5ccccc5)nc(-c5cccc(-c6ccccc6)c5)n4)cc3)cccc21. The molecule has 0 N–H and O–H groups in total. The van der Waals surface area contributed by atoms with Crippen molar-refractivity contribution in [3.8, 4) is 56.2 Å². The molecule has 5 aromatic carbocycles. The van der Waals surface area contributed by atoms with Crippen LogP contribution in [0.15, 0.2) is 138 Å². The van der Waals surface area contributed by atoms with Crippen LogP contribution in [-0.2, 0) is 14.1 Å². The Bertz CT molecular complexity index is 2110. The quantitative estimate of drug-likeness (QED) is 0.221. The second-order valence-electron chi connectivity index (χ2n) is 10.4. The largest absolute Gasteiger partial charge is 0.328 e. The Labute approximate surface area is 244 Å². The van der Waals surface area contributed by atoms with Crippen molar-refractivity contribution in [3.63, 3.8) is 0 Å². The molecule has 0 spiro atoms. The molecule has 0 radical (unpaired) electrons. The second kappa shape index (κ2) is 10.5. The molecule has 202 valence electrons. The van der Waals surface area contributed by atoms with Crippen molar-refractivity contribution in [1.29, 1.82) is 0 Å². The fourth-order valence-electron chi connectivity index (χ4n) is 5.58. The van der Waals surface area contributed by atoms with Gasteiger partial charge in [0, 0.05) is 36.3 Å².